The number of hydrogen-bond acceptors (Lipinski definition) is 6. The molecular weight excluding hydrogens is 418 g/mol. The van der Waals surface area contributed by atoms with Crippen molar-refractivity contribution in [3.05, 3.63) is 72.6 Å². The van der Waals surface area contributed by atoms with Crippen molar-refractivity contribution in [3.8, 4) is 0 Å². The molecule has 0 aliphatic rings. The molecule has 1 atom stereocenters. The summed E-state index contributed by atoms with van der Waals surface area (Å²) in [6, 6.07) is 21.9. The summed E-state index contributed by atoms with van der Waals surface area (Å²) in [5, 5.41) is 6.55. The quantitative estimate of drug-likeness (QED) is 0.305. The molecule has 6 nitrogen and oxygen atoms in total. The van der Waals surface area contributed by atoms with Crippen LogP contribution in [0.4, 0.5) is 5.82 Å². The summed E-state index contributed by atoms with van der Waals surface area (Å²) in [7, 11) is 5.99. The zero-order chi connectivity index (χ0) is 22.5. The predicted molar refractivity (Wildman–Crippen MR) is 133 cm³/mol. The van der Waals surface area contributed by atoms with E-state index in [1.807, 2.05) is 73.8 Å². The molecule has 1 unspecified atom stereocenters. The first-order chi connectivity index (χ1) is 15.5. The van der Waals surface area contributed by atoms with Gasteiger partial charge in [0.05, 0.1) is 16.9 Å². The Balaban J connectivity index is 1.56. The van der Waals surface area contributed by atoms with E-state index < -0.39 is 11.4 Å². The molecule has 7 heteroatoms. The molecule has 0 radical (unpaired) electrons. The van der Waals surface area contributed by atoms with Crippen LogP contribution in [0.2, 0.25) is 0 Å². The van der Waals surface area contributed by atoms with Crippen LogP contribution in [0.5, 0.6) is 0 Å². The number of hydrogen-bond donors (Lipinski definition) is 1. The maximum atomic E-state index is 13.3. The third kappa shape index (κ3) is 5.19. The molecule has 0 bridgehead atoms. The van der Waals surface area contributed by atoms with Gasteiger partial charge >= 0.3 is 0 Å². The van der Waals surface area contributed by atoms with E-state index in [0.29, 0.717) is 12.4 Å². The molecule has 4 aromatic rings. The van der Waals surface area contributed by atoms with Gasteiger partial charge in [0.15, 0.2) is 4.90 Å². The molecule has 0 spiro atoms. The number of fused-ring (bicyclic) bond motifs is 2. The van der Waals surface area contributed by atoms with Crippen LogP contribution in [0.25, 0.3) is 21.7 Å². The number of nitrogens with zero attached hydrogens (tertiary/aromatic N) is 4. The van der Waals surface area contributed by atoms with Gasteiger partial charge in [-0.2, -0.15) is 0 Å². The highest BCUT2D eigenvalue weighted by molar-refractivity contribution is 7.89. The average molecular weight is 448 g/mol. The fraction of sp³-hybridized carbons (Fsp3) is 0.280. The molecule has 32 heavy (non-hydrogen) atoms. The Morgan fingerprint density at radius 1 is 0.875 bits per heavy atom. The van der Waals surface area contributed by atoms with Crippen LogP contribution >= 0.6 is 0 Å². The van der Waals surface area contributed by atoms with E-state index in [0.717, 1.165) is 51.9 Å². The number of benzene rings is 3. The van der Waals surface area contributed by atoms with Gasteiger partial charge in [-0.1, -0.05) is 42.5 Å². The van der Waals surface area contributed by atoms with E-state index in [9.17, 15) is 4.55 Å². The Bertz CT molecular complexity index is 1190. The number of anilines is 1. The summed E-state index contributed by atoms with van der Waals surface area (Å²) in [4.78, 5) is 12.5. The highest BCUT2D eigenvalue weighted by atomic mass is 32.2. The fourth-order valence-corrected chi connectivity index (χ4v) is 4.84. The Hall–Kier alpha value is -2.71. The van der Waals surface area contributed by atoms with Gasteiger partial charge in [-0.3, -0.25) is 0 Å². The Labute approximate surface area is 192 Å². The van der Waals surface area contributed by atoms with Gasteiger partial charge in [-0.15, -0.1) is 4.31 Å². The topological polar surface area (TPSA) is 67.3 Å². The van der Waals surface area contributed by atoms with Gasteiger partial charge in [0, 0.05) is 24.4 Å². The molecule has 166 valence electrons. The number of nitrogens with one attached hydrogen (secondary N) is 1. The second kappa shape index (κ2) is 10.3. The molecule has 4 rings (SSSR count). The minimum absolute atomic E-state index is 0.382. The summed E-state index contributed by atoms with van der Waals surface area (Å²) in [5.41, 5.74) is 0.886. The van der Waals surface area contributed by atoms with Crippen molar-refractivity contribution in [1.29, 1.82) is 0 Å². The van der Waals surface area contributed by atoms with Crippen LogP contribution in [0.15, 0.2) is 71.6 Å². The van der Waals surface area contributed by atoms with Crippen molar-refractivity contribution in [2.75, 3.05) is 39.5 Å². The first-order valence-electron chi connectivity index (χ1n) is 10.8. The second-order valence-corrected chi connectivity index (χ2v) is 9.66. The van der Waals surface area contributed by atoms with Gasteiger partial charge < -0.3 is 14.8 Å². The maximum Gasteiger partial charge on any atom is 0.181 e. The van der Waals surface area contributed by atoms with E-state index >= 15 is 0 Å². The molecule has 0 aliphatic carbocycles. The van der Waals surface area contributed by atoms with E-state index in [-0.39, 0.29) is 0 Å². The highest BCUT2D eigenvalue weighted by Crippen LogP contribution is 2.26. The Morgan fingerprint density at radius 3 is 2.41 bits per heavy atom. The highest BCUT2D eigenvalue weighted by Gasteiger charge is 2.22. The lowest BCUT2D eigenvalue weighted by Gasteiger charge is -2.21. The Morgan fingerprint density at radius 2 is 1.59 bits per heavy atom. The van der Waals surface area contributed by atoms with E-state index in [1.54, 1.807) is 4.31 Å². The monoisotopic (exact) mass is 447 g/mol. The molecule has 1 N–H and O–H groups in total. The zero-order valence-electron chi connectivity index (χ0n) is 18.8. The lowest BCUT2D eigenvalue weighted by molar-refractivity contribution is 0.405. The minimum Gasteiger partial charge on any atom is -0.593 e. The predicted octanol–water partition coefficient (Wildman–Crippen LogP) is 4.30. The molecule has 1 aromatic heterocycles. The number of aromatic nitrogens is 2. The van der Waals surface area contributed by atoms with Gasteiger partial charge in [0.2, 0.25) is 0 Å². The standard InChI is InChI=1S/C25H29N5OS/c1-29(2)17-9-16-26-25-21-13-6-7-14-22(21)27-24(28-25)18-30(3)32(31)23-15-8-11-19-10-4-5-12-20(19)23/h4-8,10-15H,9,16-18H2,1-3H3,(H,26,27,28). The normalized spacial score (nSPS) is 12.7. The van der Waals surface area contributed by atoms with Crippen molar-refractivity contribution >= 4 is 38.9 Å². The lowest BCUT2D eigenvalue weighted by Crippen LogP contribution is -2.27. The van der Waals surface area contributed by atoms with Crippen molar-refractivity contribution in [2.24, 2.45) is 0 Å². The molecule has 1 heterocycles. The van der Waals surface area contributed by atoms with E-state index in [2.05, 4.69) is 24.3 Å². The average Bonchev–Trinajstić information content (AvgIpc) is 2.80. The minimum atomic E-state index is -1.33. The number of rotatable bonds is 9. The Kier molecular flexibility index (Phi) is 7.22. The fourth-order valence-electron chi connectivity index (χ4n) is 3.71. The third-order valence-corrected chi connectivity index (χ3v) is 6.74. The van der Waals surface area contributed by atoms with Crippen LogP contribution in [0.1, 0.15) is 12.2 Å². The van der Waals surface area contributed by atoms with Crippen LogP contribution in [0, 0.1) is 0 Å². The summed E-state index contributed by atoms with van der Waals surface area (Å²) in [6.45, 7) is 2.22. The lowest BCUT2D eigenvalue weighted by atomic mass is 10.1. The molecule has 0 amide bonds. The van der Waals surface area contributed by atoms with Crippen molar-refractivity contribution in [3.63, 3.8) is 0 Å². The van der Waals surface area contributed by atoms with E-state index in [1.165, 1.54) is 0 Å². The summed E-state index contributed by atoms with van der Waals surface area (Å²) in [6.07, 6.45) is 1.02. The molecule has 3 aromatic carbocycles. The van der Waals surface area contributed by atoms with Crippen molar-refractivity contribution in [1.82, 2.24) is 19.2 Å². The zero-order valence-corrected chi connectivity index (χ0v) is 19.6. The second-order valence-electron chi connectivity index (χ2n) is 8.10. The summed E-state index contributed by atoms with van der Waals surface area (Å²) in [5.74, 6) is 1.48. The molecule has 0 fully saturated rings. The summed E-state index contributed by atoms with van der Waals surface area (Å²) < 4.78 is 15.1. The van der Waals surface area contributed by atoms with E-state index in [4.69, 9.17) is 9.97 Å². The van der Waals surface area contributed by atoms with Crippen molar-refractivity contribution < 1.29 is 4.55 Å². The maximum absolute atomic E-state index is 13.3. The third-order valence-electron chi connectivity index (χ3n) is 5.31. The first-order valence-corrected chi connectivity index (χ1v) is 11.9. The van der Waals surface area contributed by atoms with Crippen LogP contribution < -0.4 is 5.32 Å². The molecule has 0 saturated carbocycles. The smallest absolute Gasteiger partial charge is 0.181 e. The van der Waals surface area contributed by atoms with Crippen LogP contribution in [-0.2, 0) is 17.9 Å². The van der Waals surface area contributed by atoms with Crippen LogP contribution in [0.3, 0.4) is 0 Å². The number of para-hydroxylation sites is 1. The van der Waals surface area contributed by atoms with Gasteiger partial charge in [0.1, 0.15) is 18.2 Å². The molecular formula is C25H29N5OS. The van der Waals surface area contributed by atoms with Gasteiger partial charge in [0.25, 0.3) is 0 Å². The van der Waals surface area contributed by atoms with Crippen LogP contribution in [-0.4, -0.2) is 58.0 Å². The largest absolute Gasteiger partial charge is 0.593 e. The van der Waals surface area contributed by atoms with Crippen molar-refractivity contribution in [2.45, 2.75) is 17.9 Å². The first kappa shape index (κ1) is 22.5. The summed E-state index contributed by atoms with van der Waals surface area (Å²) >= 11 is -1.33. The molecule has 0 aliphatic heterocycles. The van der Waals surface area contributed by atoms with Gasteiger partial charge in [-0.25, -0.2) is 9.97 Å². The molecule has 0 saturated heterocycles. The van der Waals surface area contributed by atoms with Gasteiger partial charge in [-0.05, 0) is 56.7 Å². The SMILES string of the molecule is CN(C)CCCNc1nc(CN(C)[S+]([O-])c2cccc3ccccc23)nc2ccccc12.